The molecule has 7 nitrogen and oxygen atoms in total. The van der Waals surface area contributed by atoms with Crippen molar-refractivity contribution in [3.05, 3.63) is 47.9 Å². The fourth-order valence-electron chi connectivity index (χ4n) is 2.57. The average molecular weight is 419 g/mol. The number of benzene rings is 1. The molecular formula is C21H23F2N3O4. The van der Waals surface area contributed by atoms with Crippen molar-refractivity contribution in [2.45, 2.75) is 45.0 Å². The van der Waals surface area contributed by atoms with Crippen LogP contribution in [0.5, 0.6) is 0 Å². The molecule has 0 saturated carbocycles. The van der Waals surface area contributed by atoms with Crippen molar-refractivity contribution in [1.82, 2.24) is 10.1 Å². The first-order valence-electron chi connectivity index (χ1n) is 9.32. The topological polar surface area (TPSA) is 106 Å². The van der Waals surface area contributed by atoms with Gasteiger partial charge in [0.05, 0.1) is 12.7 Å². The van der Waals surface area contributed by atoms with Gasteiger partial charge in [-0.15, -0.1) is 0 Å². The number of ether oxygens (including phenoxy) is 1. The van der Waals surface area contributed by atoms with Crippen molar-refractivity contribution in [3.8, 4) is 11.4 Å². The van der Waals surface area contributed by atoms with Crippen molar-refractivity contribution in [3.63, 3.8) is 0 Å². The molecule has 1 aromatic carbocycles. The molecule has 2 rings (SSSR count). The highest BCUT2D eigenvalue weighted by atomic mass is 19.3. The van der Waals surface area contributed by atoms with E-state index in [-0.39, 0.29) is 18.1 Å². The lowest BCUT2D eigenvalue weighted by atomic mass is 10.0. The van der Waals surface area contributed by atoms with E-state index in [1.165, 1.54) is 7.11 Å². The monoisotopic (exact) mass is 419 g/mol. The summed E-state index contributed by atoms with van der Waals surface area (Å²) in [6, 6.07) is 6.66. The van der Waals surface area contributed by atoms with Gasteiger partial charge in [-0.3, -0.25) is 10.2 Å². The number of methoxy groups -OCH3 is 1. The van der Waals surface area contributed by atoms with Crippen molar-refractivity contribution in [2.75, 3.05) is 7.11 Å². The minimum atomic E-state index is -3.27. The smallest absolute Gasteiger partial charge is 0.337 e. The van der Waals surface area contributed by atoms with Gasteiger partial charge in [-0.2, -0.15) is 13.8 Å². The Hall–Kier alpha value is -3.23. The van der Waals surface area contributed by atoms with Crippen LogP contribution in [0, 0.1) is 5.41 Å². The summed E-state index contributed by atoms with van der Waals surface area (Å²) >= 11 is 0. The first-order valence-corrected chi connectivity index (χ1v) is 9.32. The molecule has 1 atom stereocenters. The summed E-state index contributed by atoms with van der Waals surface area (Å²) in [7, 11) is 1.30. The maximum atomic E-state index is 12.9. The quantitative estimate of drug-likeness (QED) is 0.343. The van der Waals surface area contributed by atoms with Gasteiger partial charge in [-0.1, -0.05) is 24.2 Å². The molecule has 30 heavy (non-hydrogen) atoms. The summed E-state index contributed by atoms with van der Waals surface area (Å²) in [4.78, 5) is 27.8. The zero-order chi connectivity index (χ0) is 22.3. The van der Waals surface area contributed by atoms with Crippen LogP contribution in [0.2, 0.25) is 0 Å². The minimum Gasteiger partial charge on any atom is -0.465 e. The van der Waals surface area contributed by atoms with Crippen LogP contribution in [0.25, 0.3) is 11.4 Å². The summed E-state index contributed by atoms with van der Waals surface area (Å²) in [5.74, 6) is -3.46. The van der Waals surface area contributed by atoms with Crippen LogP contribution in [-0.4, -0.2) is 40.6 Å². The molecule has 1 N–H and O–H groups in total. The Morgan fingerprint density at radius 2 is 2.07 bits per heavy atom. The molecule has 1 heterocycles. The molecule has 1 unspecified atom stereocenters. The molecule has 1 aromatic heterocycles. The standard InChI is InChI=1S/C21H23F2N3O4/c1-13(6-4-9-16(27)10-11-17(24)21(2,22)23)19-25-18(26-30-19)14-7-5-8-15(12-14)20(28)29-3/h5,7-8,10-13,24H,4,6,9H2,1-3H3/b11-10+,24-17?. The van der Waals surface area contributed by atoms with Gasteiger partial charge in [-0.05, 0) is 37.1 Å². The van der Waals surface area contributed by atoms with E-state index in [1.54, 1.807) is 24.3 Å². The molecule has 160 valence electrons. The lowest BCUT2D eigenvalue weighted by Gasteiger charge is -2.07. The van der Waals surface area contributed by atoms with E-state index >= 15 is 0 Å². The van der Waals surface area contributed by atoms with Crippen LogP contribution < -0.4 is 0 Å². The summed E-state index contributed by atoms with van der Waals surface area (Å²) in [6.07, 6.45) is 3.06. The molecule has 9 heteroatoms. The van der Waals surface area contributed by atoms with Gasteiger partial charge in [0, 0.05) is 24.8 Å². The van der Waals surface area contributed by atoms with Crippen LogP contribution in [0.3, 0.4) is 0 Å². The van der Waals surface area contributed by atoms with Gasteiger partial charge in [0.25, 0.3) is 5.92 Å². The summed E-state index contributed by atoms with van der Waals surface area (Å²) in [6.45, 7) is 2.48. The number of carbonyl (C=O) groups is 2. The molecule has 0 fully saturated rings. The third-order valence-electron chi connectivity index (χ3n) is 4.37. The van der Waals surface area contributed by atoms with Gasteiger partial charge in [0.1, 0.15) is 5.71 Å². The number of carbonyl (C=O) groups excluding carboxylic acids is 2. The Morgan fingerprint density at radius 3 is 2.73 bits per heavy atom. The highest BCUT2D eigenvalue weighted by Gasteiger charge is 2.25. The number of rotatable bonds is 10. The van der Waals surface area contributed by atoms with Crippen LogP contribution in [0.15, 0.2) is 40.9 Å². The average Bonchev–Trinajstić information content (AvgIpc) is 3.21. The molecular weight excluding hydrogens is 396 g/mol. The number of alkyl halides is 2. The van der Waals surface area contributed by atoms with Crippen molar-refractivity contribution in [2.24, 2.45) is 0 Å². The molecule has 0 radical (unpaired) electrons. The normalized spacial score (nSPS) is 12.7. The second-order valence-electron chi connectivity index (χ2n) is 6.92. The Morgan fingerprint density at radius 1 is 1.33 bits per heavy atom. The van der Waals surface area contributed by atoms with E-state index in [4.69, 9.17) is 14.7 Å². The van der Waals surface area contributed by atoms with Gasteiger partial charge in [0.2, 0.25) is 11.7 Å². The molecule has 2 aromatic rings. The number of hydrogen-bond donors (Lipinski definition) is 1. The Balaban J connectivity index is 1.91. The molecule has 0 amide bonds. The number of aromatic nitrogens is 2. The highest BCUT2D eigenvalue weighted by molar-refractivity contribution is 6.03. The number of nitrogens with one attached hydrogen (secondary N) is 1. The molecule has 0 spiro atoms. The van der Waals surface area contributed by atoms with E-state index in [9.17, 15) is 18.4 Å². The molecule has 0 bridgehead atoms. The Bertz CT molecular complexity index is 948. The van der Waals surface area contributed by atoms with E-state index in [2.05, 4.69) is 10.1 Å². The number of hydrogen-bond acceptors (Lipinski definition) is 7. The second kappa shape index (κ2) is 10.00. The Kier molecular flexibility index (Phi) is 7.68. The summed E-state index contributed by atoms with van der Waals surface area (Å²) in [5.41, 5.74) is 0.0735. The number of esters is 1. The van der Waals surface area contributed by atoms with Gasteiger partial charge in [-0.25, -0.2) is 4.79 Å². The van der Waals surface area contributed by atoms with Gasteiger partial charge in [0.15, 0.2) is 5.78 Å². The minimum absolute atomic E-state index is 0.120. The van der Waals surface area contributed by atoms with Crippen LogP contribution in [0.1, 0.15) is 55.3 Å². The lowest BCUT2D eigenvalue weighted by molar-refractivity contribution is -0.114. The van der Waals surface area contributed by atoms with E-state index in [0.29, 0.717) is 42.6 Å². The van der Waals surface area contributed by atoms with Crippen molar-refractivity contribution >= 4 is 17.5 Å². The SMILES string of the molecule is COC(=O)c1cccc(-c2noc(C(C)CCCC(=O)/C=C/C(=N)C(C)(F)F)n2)c1. The third-order valence-corrected chi connectivity index (χ3v) is 4.37. The summed E-state index contributed by atoms with van der Waals surface area (Å²) < 4.78 is 35.8. The first-order chi connectivity index (χ1) is 14.1. The third kappa shape index (κ3) is 6.40. The number of allylic oxidation sites excluding steroid dienone is 2. The maximum absolute atomic E-state index is 12.9. The van der Waals surface area contributed by atoms with Crippen molar-refractivity contribution in [1.29, 1.82) is 5.41 Å². The predicted octanol–water partition coefficient (Wildman–Crippen LogP) is 4.60. The second-order valence-corrected chi connectivity index (χ2v) is 6.92. The highest BCUT2D eigenvalue weighted by Crippen LogP contribution is 2.24. The van der Waals surface area contributed by atoms with E-state index < -0.39 is 17.6 Å². The summed E-state index contributed by atoms with van der Waals surface area (Å²) in [5, 5.41) is 11.1. The largest absolute Gasteiger partial charge is 0.465 e. The van der Waals surface area contributed by atoms with Crippen molar-refractivity contribution < 1.29 is 27.6 Å². The number of halogens is 2. The molecule has 0 aliphatic carbocycles. The first kappa shape index (κ1) is 23.1. The van der Waals surface area contributed by atoms with Crippen LogP contribution in [-0.2, 0) is 9.53 Å². The van der Waals surface area contributed by atoms with Crippen LogP contribution >= 0.6 is 0 Å². The fourth-order valence-corrected chi connectivity index (χ4v) is 2.57. The van der Waals surface area contributed by atoms with Gasteiger partial charge >= 0.3 is 5.97 Å². The molecule has 0 aliphatic heterocycles. The van der Waals surface area contributed by atoms with Crippen LogP contribution in [0.4, 0.5) is 8.78 Å². The van der Waals surface area contributed by atoms with Gasteiger partial charge < -0.3 is 9.26 Å². The Labute approximate surface area is 172 Å². The zero-order valence-electron chi connectivity index (χ0n) is 16.9. The molecule has 0 aliphatic rings. The number of ketones is 1. The lowest BCUT2D eigenvalue weighted by Crippen LogP contribution is -2.21. The maximum Gasteiger partial charge on any atom is 0.337 e. The zero-order valence-corrected chi connectivity index (χ0v) is 16.9. The molecule has 0 saturated heterocycles. The number of nitrogens with zero attached hydrogens (tertiary/aromatic N) is 2. The van der Waals surface area contributed by atoms with E-state index in [1.807, 2.05) is 6.92 Å². The predicted molar refractivity (Wildman–Crippen MR) is 106 cm³/mol. The fraction of sp³-hybridized carbons (Fsp3) is 0.381. The van der Waals surface area contributed by atoms with E-state index in [0.717, 1.165) is 12.2 Å².